The first-order valence-corrected chi connectivity index (χ1v) is 5.19. The van der Waals surface area contributed by atoms with Crippen LogP contribution in [0.5, 0.6) is 0 Å². The van der Waals surface area contributed by atoms with Gasteiger partial charge in [0.15, 0.2) is 0 Å². The number of amides is 1. The maximum Gasteiger partial charge on any atom is 0.354 e. The Morgan fingerprint density at radius 2 is 2.22 bits per heavy atom. The third kappa shape index (κ3) is 2.24. The first-order valence-electron chi connectivity index (χ1n) is 5.19. The van der Waals surface area contributed by atoms with E-state index in [1.807, 2.05) is 0 Å². The highest BCUT2D eigenvalue weighted by Crippen LogP contribution is 2.17. The van der Waals surface area contributed by atoms with Crippen LogP contribution < -0.4 is 5.32 Å². The molecular weight excluding hydrogens is 236 g/mol. The number of aromatic carboxylic acids is 1. The fourth-order valence-electron chi connectivity index (χ4n) is 1.57. The molecule has 0 saturated carbocycles. The van der Waals surface area contributed by atoms with Gasteiger partial charge < -0.3 is 20.0 Å². The van der Waals surface area contributed by atoms with Crippen LogP contribution in [0.3, 0.4) is 0 Å². The Morgan fingerprint density at radius 3 is 2.78 bits per heavy atom. The largest absolute Gasteiger partial charge is 0.477 e. The van der Waals surface area contributed by atoms with Crippen LogP contribution in [0.4, 0.5) is 5.69 Å². The van der Waals surface area contributed by atoms with E-state index in [1.165, 1.54) is 6.33 Å². The smallest absolute Gasteiger partial charge is 0.354 e. The fraction of sp³-hybridized carbons (Fsp3) is 0.182. The van der Waals surface area contributed by atoms with E-state index in [2.05, 4.69) is 15.3 Å². The van der Waals surface area contributed by atoms with Gasteiger partial charge in [-0.25, -0.2) is 9.78 Å². The SMILES string of the molecule is Cc1cc(NC(=O)c2cn(C)cn2)c(C(=O)O)[nH]1. The number of nitrogens with zero attached hydrogens (tertiary/aromatic N) is 2. The zero-order valence-corrected chi connectivity index (χ0v) is 9.89. The molecule has 0 aliphatic heterocycles. The third-order valence-electron chi connectivity index (χ3n) is 2.35. The Labute approximate surface area is 102 Å². The van der Waals surface area contributed by atoms with Crippen LogP contribution in [0.25, 0.3) is 0 Å². The lowest BCUT2D eigenvalue weighted by Crippen LogP contribution is -2.14. The first kappa shape index (κ1) is 11.9. The average Bonchev–Trinajstić information content (AvgIpc) is 2.85. The molecule has 7 nitrogen and oxygen atoms in total. The van der Waals surface area contributed by atoms with Crippen molar-refractivity contribution in [1.29, 1.82) is 0 Å². The number of carbonyl (C=O) groups excluding carboxylic acids is 1. The zero-order chi connectivity index (χ0) is 13.3. The van der Waals surface area contributed by atoms with E-state index in [-0.39, 0.29) is 17.1 Å². The molecule has 0 unspecified atom stereocenters. The van der Waals surface area contributed by atoms with E-state index in [0.29, 0.717) is 5.69 Å². The Morgan fingerprint density at radius 1 is 1.50 bits per heavy atom. The summed E-state index contributed by atoms with van der Waals surface area (Å²) in [7, 11) is 1.74. The van der Waals surface area contributed by atoms with Crippen molar-refractivity contribution >= 4 is 17.6 Å². The van der Waals surface area contributed by atoms with Crippen LogP contribution in [0.15, 0.2) is 18.6 Å². The summed E-state index contributed by atoms with van der Waals surface area (Å²) in [6, 6.07) is 1.56. The lowest BCUT2D eigenvalue weighted by Gasteiger charge is -2.01. The van der Waals surface area contributed by atoms with E-state index >= 15 is 0 Å². The average molecular weight is 248 g/mol. The maximum atomic E-state index is 11.8. The monoisotopic (exact) mass is 248 g/mol. The molecular formula is C11H12N4O3. The van der Waals surface area contributed by atoms with Crippen molar-refractivity contribution in [2.24, 2.45) is 7.05 Å². The predicted molar refractivity (Wildman–Crippen MR) is 63.7 cm³/mol. The molecule has 7 heteroatoms. The van der Waals surface area contributed by atoms with Crippen LogP contribution in [0, 0.1) is 6.92 Å². The molecule has 2 aromatic heterocycles. The second-order valence-electron chi connectivity index (χ2n) is 3.92. The number of carbonyl (C=O) groups is 2. The number of hydrogen-bond acceptors (Lipinski definition) is 3. The van der Waals surface area contributed by atoms with Crippen molar-refractivity contribution in [2.45, 2.75) is 6.92 Å². The van der Waals surface area contributed by atoms with Crippen LogP contribution >= 0.6 is 0 Å². The molecule has 2 rings (SSSR count). The van der Waals surface area contributed by atoms with Gasteiger partial charge >= 0.3 is 5.97 Å². The summed E-state index contributed by atoms with van der Waals surface area (Å²) in [5, 5.41) is 11.5. The highest BCUT2D eigenvalue weighted by molar-refractivity contribution is 6.06. The van der Waals surface area contributed by atoms with Crippen molar-refractivity contribution in [3.05, 3.63) is 35.7 Å². The molecule has 0 atom stereocenters. The highest BCUT2D eigenvalue weighted by Gasteiger charge is 2.17. The normalized spacial score (nSPS) is 10.3. The molecule has 2 aromatic rings. The summed E-state index contributed by atoms with van der Waals surface area (Å²) in [5.41, 5.74) is 1.07. The van der Waals surface area contributed by atoms with Gasteiger partial charge in [-0.3, -0.25) is 4.79 Å². The number of aryl methyl sites for hydroxylation is 2. The molecule has 0 fully saturated rings. The zero-order valence-electron chi connectivity index (χ0n) is 9.89. The summed E-state index contributed by atoms with van der Waals surface area (Å²) in [6.07, 6.45) is 3.05. The van der Waals surface area contributed by atoms with E-state index in [0.717, 1.165) is 0 Å². The van der Waals surface area contributed by atoms with E-state index in [9.17, 15) is 9.59 Å². The predicted octanol–water partition coefficient (Wildman–Crippen LogP) is 1.01. The Bertz CT molecular complexity index is 612. The Kier molecular flexibility index (Phi) is 2.88. The molecule has 0 radical (unpaired) electrons. The minimum absolute atomic E-state index is 0.0446. The number of H-pyrrole nitrogens is 1. The van der Waals surface area contributed by atoms with Crippen LogP contribution in [-0.4, -0.2) is 31.5 Å². The standard InChI is InChI=1S/C11H12N4O3/c1-6-3-7(9(13-6)11(17)18)14-10(16)8-4-15(2)5-12-8/h3-5,13H,1-2H3,(H,14,16)(H,17,18). The van der Waals surface area contributed by atoms with E-state index in [4.69, 9.17) is 5.11 Å². The molecule has 94 valence electrons. The topological polar surface area (TPSA) is 100 Å². The number of anilines is 1. The van der Waals surface area contributed by atoms with E-state index in [1.54, 1.807) is 30.8 Å². The van der Waals surface area contributed by atoms with Gasteiger partial charge in [-0.2, -0.15) is 0 Å². The summed E-state index contributed by atoms with van der Waals surface area (Å²) >= 11 is 0. The van der Waals surface area contributed by atoms with Crippen LogP contribution in [0.2, 0.25) is 0 Å². The number of imidazole rings is 1. The number of aromatic nitrogens is 3. The van der Waals surface area contributed by atoms with Gasteiger partial charge in [-0.15, -0.1) is 0 Å². The van der Waals surface area contributed by atoms with Crippen molar-refractivity contribution in [3.8, 4) is 0 Å². The Balaban J connectivity index is 2.24. The molecule has 0 aliphatic rings. The van der Waals surface area contributed by atoms with Gasteiger partial charge in [0.1, 0.15) is 11.4 Å². The molecule has 0 saturated heterocycles. The molecule has 3 N–H and O–H groups in total. The van der Waals surface area contributed by atoms with Crippen LogP contribution in [0.1, 0.15) is 26.7 Å². The Hall–Kier alpha value is -2.57. The summed E-state index contributed by atoms with van der Waals surface area (Å²) in [4.78, 5) is 29.3. The lowest BCUT2D eigenvalue weighted by atomic mass is 10.3. The molecule has 18 heavy (non-hydrogen) atoms. The maximum absolute atomic E-state index is 11.8. The van der Waals surface area contributed by atoms with Crippen molar-refractivity contribution < 1.29 is 14.7 Å². The molecule has 2 heterocycles. The minimum Gasteiger partial charge on any atom is -0.477 e. The van der Waals surface area contributed by atoms with Gasteiger partial charge in [-0.05, 0) is 13.0 Å². The van der Waals surface area contributed by atoms with Crippen molar-refractivity contribution in [3.63, 3.8) is 0 Å². The van der Waals surface area contributed by atoms with Gasteiger partial charge in [0.05, 0.1) is 12.0 Å². The summed E-state index contributed by atoms with van der Waals surface area (Å²) in [5.74, 6) is -1.57. The second kappa shape index (κ2) is 4.36. The second-order valence-corrected chi connectivity index (χ2v) is 3.92. The highest BCUT2D eigenvalue weighted by atomic mass is 16.4. The van der Waals surface area contributed by atoms with Gasteiger partial charge in [0, 0.05) is 18.9 Å². The molecule has 0 aromatic carbocycles. The van der Waals surface area contributed by atoms with Crippen molar-refractivity contribution in [2.75, 3.05) is 5.32 Å². The number of rotatable bonds is 3. The van der Waals surface area contributed by atoms with E-state index < -0.39 is 11.9 Å². The number of hydrogen-bond donors (Lipinski definition) is 3. The van der Waals surface area contributed by atoms with Crippen molar-refractivity contribution in [1.82, 2.24) is 14.5 Å². The number of carboxylic acid groups (broad SMARTS) is 1. The summed E-state index contributed by atoms with van der Waals surface area (Å²) < 4.78 is 1.63. The quantitative estimate of drug-likeness (QED) is 0.754. The third-order valence-corrected chi connectivity index (χ3v) is 2.35. The molecule has 1 amide bonds. The number of carboxylic acids is 1. The first-order chi connectivity index (χ1) is 8.47. The van der Waals surface area contributed by atoms with Crippen LogP contribution in [-0.2, 0) is 7.05 Å². The van der Waals surface area contributed by atoms with Gasteiger partial charge in [0.25, 0.3) is 5.91 Å². The minimum atomic E-state index is -1.13. The number of nitrogens with one attached hydrogen (secondary N) is 2. The molecule has 0 spiro atoms. The number of aromatic amines is 1. The lowest BCUT2D eigenvalue weighted by molar-refractivity contribution is 0.0692. The summed E-state index contributed by atoms with van der Waals surface area (Å²) in [6.45, 7) is 1.71. The fourth-order valence-corrected chi connectivity index (χ4v) is 1.57. The molecule has 0 aliphatic carbocycles. The van der Waals surface area contributed by atoms with Gasteiger partial charge in [-0.1, -0.05) is 0 Å². The molecule has 0 bridgehead atoms. The van der Waals surface area contributed by atoms with Gasteiger partial charge in [0.2, 0.25) is 0 Å².